The van der Waals surface area contributed by atoms with Gasteiger partial charge in [0.15, 0.2) is 11.7 Å². The number of allylic oxidation sites excluding steroid dienone is 2. The van der Waals surface area contributed by atoms with Crippen molar-refractivity contribution in [1.29, 1.82) is 0 Å². The van der Waals surface area contributed by atoms with Crippen molar-refractivity contribution < 1.29 is 30.9 Å². The Hall–Kier alpha value is -5.46. The van der Waals surface area contributed by atoms with Crippen molar-refractivity contribution in [3.63, 3.8) is 0 Å². The number of amidine groups is 1. The summed E-state index contributed by atoms with van der Waals surface area (Å²) in [5.41, 5.74) is 10.4. The number of hydrogen-bond acceptors (Lipinski definition) is 6. The van der Waals surface area contributed by atoms with Crippen LogP contribution in [0, 0.1) is 6.07 Å². The number of aromatic nitrogens is 3. The van der Waals surface area contributed by atoms with Gasteiger partial charge in [-0.1, -0.05) is 88.4 Å². The van der Waals surface area contributed by atoms with Crippen LogP contribution in [-0.2, 0) is 21.1 Å². The normalized spacial score (nSPS) is 13.9. The van der Waals surface area contributed by atoms with E-state index >= 15 is 0 Å². The molecule has 1 N–H and O–H groups in total. The molecule has 9 rings (SSSR count). The van der Waals surface area contributed by atoms with Gasteiger partial charge in [0.1, 0.15) is 11.6 Å². The Morgan fingerprint density at radius 2 is 1.56 bits per heavy atom. The van der Waals surface area contributed by atoms with Gasteiger partial charge in [0.05, 0.1) is 16.8 Å². The van der Waals surface area contributed by atoms with Crippen molar-refractivity contribution in [3.05, 3.63) is 145 Å². The molecule has 4 aromatic carbocycles. The number of fused-ring (bicyclic) bond motifs is 4. The maximum absolute atomic E-state index is 11.4. The summed E-state index contributed by atoms with van der Waals surface area (Å²) in [4.78, 5) is 17.2. The minimum Gasteiger partial charge on any atom is -0.507 e. The molecular formula is C43H35BN5O2Pt-. The molecule has 3 aliphatic heterocycles. The van der Waals surface area contributed by atoms with Gasteiger partial charge < -0.3 is 19.6 Å². The number of aromatic hydroxyl groups is 1. The minimum absolute atomic E-state index is 0. The Morgan fingerprint density at radius 1 is 0.827 bits per heavy atom. The second kappa shape index (κ2) is 13.3. The van der Waals surface area contributed by atoms with E-state index in [1.165, 1.54) is 0 Å². The smallest absolute Gasteiger partial charge is 0.343 e. The predicted octanol–water partition coefficient (Wildman–Crippen LogP) is 8.27. The summed E-state index contributed by atoms with van der Waals surface area (Å²) in [6.07, 6.45) is 7.74. The summed E-state index contributed by atoms with van der Waals surface area (Å²) in [6.45, 7) is 8.52. The zero-order chi connectivity index (χ0) is 34.8. The number of phenolic OH excluding ortho intramolecular Hbond substituents is 1. The van der Waals surface area contributed by atoms with Gasteiger partial charge in [-0.2, -0.15) is 0 Å². The molecule has 0 saturated heterocycles. The van der Waals surface area contributed by atoms with Crippen LogP contribution in [0.4, 0.5) is 5.69 Å². The number of phenols is 1. The van der Waals surface area contributed by atoms with Crippen molar-refractivity contribution >= 4 is 29.4 Å². The summed E-state index contributed by atoms with van der Waals surface area (Å²) in [7, 11) is 0. The summed E-state index contributed by atoms with van der Waals surface area (Å²) in [5.74, 6) is 3.11. The van der Waals surface area contributed by atoms with E-state index in [0.717, 1.165) is 61.8 Å². The van der Waals surface area contributed by atoms with Gasteiger partial charge in [-0.25, -0.2) is 4.98 Å². The average Bonchev–Trinajstić information content (AvgIpc) is 3.53. The second-order valence-corrected chi connectivity index (χ2v) is 13.8. The van der Waals surface area contributed by atoms with E-state index in [1.54, 1.807) is 12.3 Å². The molecule has 0 radical (unpaired) electrons. The molecule has 258 valence electrons. The number of ether oxygens (including phenoxy) is 1. The van der Waals surface area contributed by atoms with E-state index in [-0.39, 0.29) is 38.7 Å². The molecule has 52 heavy (non-hydrogen) atoms. The van der Waals surface area contributed by atoms with Crippen LogP contribution in [0.2, 0.25) is 0 Å². The van der Waals surface area contributed by atoms with Gasteiger partial charge in [-0.3, -0.25) is 9.56 Å². The van der Waals surface area contributed by atoms with E-state index < -0.39 is 6.85 Å². The van der Waals surface area contributed by atoms with Crippen LogP contribution in [0.1, 0.15) is 50.7 Å². The van der Waals surface area contributed by atoms with Crippen molar-refractivity contribution in [1.82, 2.24) is 19.3 Å². The Kier molecular flexibility index (Phi) is 8.59. The average molecular weight is 860 g/mol. The number of benzene rings is 4. The molecule has 0 amide bonds. The molecule has 0 atom stereocenters. The third-order valence-corrected chi connectivity index (χ3v) is 9.84. The fourth-order valence-corrected chi connectivity index (χ4v) is 7.38. The molecule has 3 aliphatic rings. The second-order valence-electron chi connectivity index (χ2n) is 13.8. The summed E-state index contributed by atoms with van der Waals surface area (Å²) in [5, 5.41) is 11.4. The van der Waals surface area contributed by atoms with Crippen LogP contribution in [0.15, 0.2) is 132 Å². The topological polar surface area (TPSA) is 75.8 Å². The number of pyridine rings is 1. The summed E-state index contributed by atoms with van der Waals surface area (Å²) >= 11 is 0. The molecule has 0 unspecified atom stereocenters. The fourth-order valence-electron chi connectivity index (χ4n) is 7.38. The monoisotopic (exact) mass is 859 g/mol. The summed E-state index contributed by atoms with van der Waals surface area (Å²) in [6, 6.07) is 36.2. The van der Waals surface area contributed by atoms with Gasteiger partial charge in [0.25, 0.3) is 0 Å². The largest absolute Gasteiger partial charge is 0.507 e. The maximum Gasteiger partial charge on any atom is 0.343 e. The zero-order valence-corrected chi connectivity index (χ0v) is 31.5. The van der Waals surface area contributed by atoms with Crippen molar-refractivity contribution in [2.24, 2.45) is 4.99 Å². The van der Waals surface area contributed by atoms with Gasteiger partial charge >= 0.3 is 6.85 Å². The molecule has 0 fully saturated rings. The maximum atomic E-state index is 11.4. The van der Waals surface area contributed by atoms with Crippen LogP contribution in [0.3, 0.4) is 0 Å². The number of rotatable bonds is 6. The van der Waals surface area contributed by atoms with Crippen molar-refractivity contribution in [3.8, 4) is 51.1 Å². The van der Waals surface area contributed by atoms with Crippen LogP contribution in [0.5, 0.6) is 11.6 Å². The Morgan fingerprint density at radius 3 is 2.27 bits per heavy atom. The molecule has 6 aromatic rings. The fraction of sp³-hybridized carbons (Fsp3) is 0.140. The Balaban J connectivity index is 0.00000387. The van der Waals surface area contributed by atoms with Gasteiger partial charge in [0.2, 0.25) is 5.88 Å². The third-order valence-electron chi connectivity index (χ3n) is 9.84. The van der Waals surface area contributed by atoms with E-state index in [9.17, 15) is 5.11 Å². The van der Waals surface area contributed by atoms with Gasteiger partial charge in [-0.05, 0) is 88.0 Å². The molecular weight excluding hydrogens is 824 g/mol. The van der Waals surface area contributed by atoms with E-state index in [4.69, 9.17) is 14.7 Å². The molecule has 9 heteroatoms. The van der Waals surface area contributed by atoms with Crippen LogP contribution in [-0.4, -0.2) is 37.1 Å². The first-order chi connectivity index (χ1) is 24.9. The molecule has 0 bridgehead atoms. The predicted molar refractivity (Wildman–Crippen MR) is 205 cm³/mol. The molecule has 0 aliphatic carbocycles. The number of hydrogen-bond donors (Lipinski definition) is 1. The third kappa shape index (κ3) is 5.44. The van der Waals surface area contributed by atoms with E-state index in [2.05, 4.69) is 84.5 Å². The molecule has 5 heterocycles. The molecule has 7 nitrogen and oxygen atoms in total. The van der Waals surface area contributed by atoms with Crippen LogP contribution in [0.25, 0.3) is 39.5 Å². The zero-order valence-electron chi connectivity index (χ0n) is 29.2. The number of aliphatic imine (C=N–C) groups is 1. The Labute approximate surface area is 318 Å². The SMILES string of the molecule is CC(C)c1cc(-c2ccccc2)cc(C(C)C)c1-n1c(-c2ccccc2O)nc2c1OC1=CC=CC3=Nc4ccc(-c5ccccn5)[c-]c4B2N13.[Pt]. The number of imidazole rings is 1. The number of nitrogens with zero attached hydrogens (tertiary/aromatic N) is 5. The van der Waals surface area contributed by atoms with E-state index in [0.29, 0.717) is 23.2 Å². The molecule has 0 saturated carbocycles. The first-order valence-corrected chi connectivity index (χ1v) is 17.4. The first kappa shape index (κ1) is 33.7. The quantitative estimate of drug-likeness (QED) is 0.135. The minimum atomic E-state index is -0.393. The van der Waals surface area contributed by atoms with Crippen LogP contribution >= 0.6 is 0 Å². The van der Waals surface area contributed by atoms with Crippen molar-refractivity contribution in [2.75, 3.05) is 0 Å². The van der Waals surface area contributed by atoms with Crippen molar-refractivity contribution in [2.45, 2.75) is 39.5 Å². The molecule has 2 aromatic heterocycles. The van der Waals surface area contributed by atoms with Gasteiger partial charge in [0, 0.05) is 27.3 Å². The van der Waals surface area contributed by atoms with Crippen LogP contribution < -0.4 is 15.8 Å². The summed E-state index contributed by atoms with van der Waals surface area (Å²) < 4.78 is 9.11. The Bertz CT molecular complexity index is 2410. The number of para-hydroxylation sites is 1. The van der Waals surface area contributed by atoms with E-state index in [1.807, 2.05) is 72.8 Å². The first-order valence-electron chi connectivity index (χ1n) is 17.4. The molecule has 0 spiro atoms. The standard InChI is InChI=1S/C43H35BN5O2.Pt/c1-26(2)32-23-30(28-13-6-5-7-14-28)24-33(27(3)4)40(32)48-42(31-15-8-9-17-37(31)50)47-41-43(48)51-39-19-12-18-38-46-36-21-20-29(35-16-10-11-22-45-35)25-34(36)44(41)49(38)39;/h5-24,26-27,50H,1-4H3;/q-1;. The van der Waals surface area contributed by atoms with Gasteiger partial charge in [-0.15, -0.1) is 29.2 Å².